The zero-order valence-corrected chi connectivity index (χ0v) is 36.3. The Morgan fingerprint density at radius 1 is 0.492 bits per heavy atom. The van der Waals surface area contributed by atoms with Gasteiger partial charge in [0.25, 0.3) is 0 Å². The summed E-state index contributed by atoms with van der Waals surface area (Å²) in [7, 11) is 0. The summed E-state index contributed by atoms with van der Waals surface area (Å²) in [5.74, 6) is 0. The minimum Gasteiger partial charge on any atom is -0.402 e. The van der Waals surface area contributed by atoms with Crippen molar-refractivity contribution < 1.29 is 0 Å². The van der Waals surface area contributed by atoms with E-state index in [9.17, 15) is 0 Å². The maximum atomic E-state index is 6.55. The van der Waals surface area contributed by atoms with Gasteiger partial charge in [-0.2, -0.15) is 0 Å². The number of hydrogen-bond acceptors (Lipinski definition) is 4. The Morgan fingerprint density at radius 2 is 1.13 bits per heavy atom. The van der Waals surface area contributed by atoms with Gasteiger partial charge >= 0.3 is 0 Å². The number of anilines is 4. The zero-order valence-electron chi connectivity index (χ0n) is 36.3. The SMILES string of the molecule is CC1(C)C2=C(CCC(N)=C2)c2cc3c(Nc4ccc(-c5ccccc5)cc4)c4cc(NC5=CC=C(C6=CC=CCC6)CC5)ccc4c(NC4=CC=C(c5ccccc5)CC4)c3cc21. The Bertz CT molecular complexity index is 3070. The van der Waals surface area contributed by atoms with E-state index in [0.717, 1.165) is 79.8 Å². The molecule has 6 aromatic rings. The molecule has 0 saturated heterocycles. The first-order chi connectivity index (χ1) is 30.9. The quantitative estimate of drug-likeness (QED) is 0.0867. The van der Waals surface area contributed by atoms with Gasteiger partial charge in [0, 0.05) is 55.4 Å². The number of rotatable bonds is 9. The summed E-state index contributed by atoms with van der Waals surface area (Å²) >= 11 is 0. The molecule has 0 spiro atoms. The van der Waals surface area contributed by atoms with Gasteiger partial charge in [-0.25, -0.2) is 0 Å². The van der Waals surface area contributed by atoms with Gasteiger partial charge in [0.05, 0.1) is 11.4 Å². The second-order valence-electron chi connectivity index (χ2n) is 18.3. The maximum Gasteiger partial charge on any atom is 0.0546 e. The average Bonchev–Trinajstić information content (AvgIpc) is 3.55. The Balaban J connectivity index is 1.08. The van der Waals surface area contributed by atoms with E-state index >= 15 is 0 Å². The molecule has 4 heteroatoms. The van der Waals surface area contributed by atoms with Gasteiger partial charge in [-0.1, -0.05) is 123 Å². The van der Waals surface area contributed by atoms with Crippen LogP contribution in [0.2, 0.25) is 0 Å². The van der Waals surface area contributed by atoms with Crippen molar-refractivity contribution >= 4 is 55.4 Å². The second-order valence-corrected chi connectivity index (χ2v) is 18.3. The Hall–Kier alpha value is -7.04. The first-order valence-electron chi connectivity index (χ1n) is 22.8. The molecule has 5 N–H and O–H groups in total. The van der Waals surface area contributed by atoms with Crippen LogP contribution in [0.1, 0.15) is 81.9 Å². The first-order valence-corrected chi connectivity index (χ1v) is 22.8. The van der Waals surface area contributed by atoms with Gasteiger partial charge in [0.15, 0.2) is 0 Å². The maximum absolute atomic E-state index is 6.55. The predicted molar refractivity (Wildman–Crippen MR) is 269 cm³/mol. The summed E-state index contributed by atoms with van der Waals surface area (Å²) < 4.78 is 0. The van der Waals surface area contributed by atoms with E-state index in [2.05, 4.69) is 194 Å². The van der Waals surface area contributed by atoms with Crippen molar-refractivity contribution in [3.05, 3.63) is 214 Å². The Morgan fingerprint density at radius 3 is 1.84 bits per heavy atom. The van der Waals surface area contributed by atoms with Crippen molar-refractivity contribution in [2.75, 3.05) is 16.0 Å². The standard InChI is InChI=1S/C59H54N4/c1-59(2)55-34-44(60)24-32-49(55)51-36-53-54(37-56(51)59)57(62-46-27-20-42(21-28-46)39-14-8-4-9-15-39)50-33-31-48(61-45-25-18-41(19-26-45)38-12-6-3-7-13-38)35-52(50)58(53)63-47-29-22-43(23-30-47)40-16-10-5-11-17-40/h3-6,8-12,14-18,20,22-23,25,27,29-31,33-37,61-63H,7,13,19,21,24,26,28,32,60H2,1-2H3. The molecule has 0 aromatic heterocycles. The van der Waals surface area contributed by atoms with E-state index in [-0.39, 0.29) is 5.41 Å². The molecule has 4 nitrogen and oxygen atoms in total. The highest BCUT2D eigenvalue weighted by molar-refractivity contribution is 6.22. The molecule has 310 valence electrons. The highest BCUT2D eigenvalue weighted by Crippen LogP contribution is 2.54. The number of allylic oxidation sites excluding steroid dienone is 16. The summed E-state index contributed by atoms with van der Waals surface area (Å²) in [5, 5.41) is 16.7. The smallest absolute Gasteiger partial charge is 0.0546 e. The molecule has 0 bridgehead atoms. The van der Waals surface area contributed by atoms with Crippen molar-refractivity contribution in [1.29, 1.82) is 0 Å². The van der Waals surface area contributed by atoms with E-state index in [1.54, 1.807) is 0 Å². The van der Waals surface area contributed by atoms with Crippen LogP contribution in [0.25, 0.3) is 43.8 Å². The van der Waals surface area contributed by atoms with Crippen molar-refractivity contribution in [3.63, 3.8) is 0 Å². The van der Waals surface area contributed by atoms with Gasteiger partial charge < -0.3 is 21.7 Å². The minimum absolute atomic E-state index is 0.172. The molecule has 0 heterocycles. The Labute approximate surface area is 371 Å². The van der Waals surface area contributed by atoms with Crippen LogP contribution in [0.4, 0.5) is 22.7 Å². The second kappa shape index (κ2) is 16.0. The van der Waals surface area contributed by atoms with Gasteiger partial charge in [0.1, 0.15) is 0 Å². The molecule has 6 aromatic carbocycles. The lowest BCUT2D eigenvalue weighted by Gasteiger charge is -2.26. The van der Waals surface area contributed by atoms with Crippen molar-refractivity contribution in [3.8, 4) is 11.1 Å². The average molecular weight is 819 g/mol. The number of nitrogens with two attached hydrogens (primary N) is 1. The lowest BCUT2D eigenvalue weighted by molar-refractivity contribution is 0.650. The van der Waals surface area contributed by atoms with Crippen molar-refractivity contribution in [2.24, 2.45) is 5.73 Å². The molecule has 0 saturated carbocycles. The molecule has 63 heavy (non-hydrogen) atoms. The summed E-state index contributed by atoms with van der Waals surface area (Å²) in [5.41, 5.74) is 27.7. The van der Waals surface area contributed by atoms with Crippen LogP contribution in [-0.2, 0) is 5.41 Å². The Kier molecular flexibility index (Phi) is 9.88. The molecule has 0 fully saturated rings. The van der Waals surface area contributed by atoms with Crippen molar-refractivity contribution in [1.82, 2.24) is 0 Å². The first kappa shape index (κ1) is 38.9. The predicted octanol–water partition coefficient (Wildman–Crippen LogP) is 15.6. The number of hydrogen-bond donors (Lipinski definition) is 4. The van der Waals surface area contributed by atoms with Gasteiger partial charge in [-0.15, -0.1) is 0 Å². The fourth-order valence-corrected chi connectivity index (χ4v) is 10.5. The monoisotopic (exact) mass is 818 g/mol. The van der Waals surface area contributed by atoms with E-state index in [0.29, 0.717) is 0 Å². The molecule has 5 aliphatic rings. The van der Waals surface area contributed by atoms with E-state index < -0.39 is 0 Å². The van der Waals surface area contributed by atoms with E-state index in [4.69, 9.17) is 5.73 Å². The zero-order chi connectivity index (χ0) is 42.5. The highest BCUT2D eigenvalue weighted by atomic mass is 14.9. The summed E-state index contributed by atoms with van der Waals surface area (Å²) in [6.45, 7) is 4.74. The number of fused-ring (bicyclic) bond motifs is 4. The molecule has 0 amide bonds. The van der Waals surface area contributed by atoms with Crippen LogP contribution in [0.5, 0.6) is 0 Å². The van der Waals surface area contributed by atoms with Crippen LogP contribution < -0.4 is 21.7 Å². The molecular weight excluding hydrogens is 765 g/mol. The van der Waals surface area contributed by atoms with Crippen LogP contribution in [0, 0.1) is 0 Å². The van der Waals surface area contributed by atoms with E-state index in [1.807, 2.05) is 0 Å². The van der Waals surface area contributed by atoms with Gasteiger partial charge in [-0.3, -0.25) is 0 Å². The third-order valence-corrected chi connectivity index (χ3v) is 14.0. The van der Waals surface area contributed by atoms with Gasteiger partial charge in [-0.05, 0) is 162 Å². The molecule has 0 atom stereocenters. The molecule has 5 aliphatic carbocycles. The van der Waals surface area contributed by atoms with Crippen LogP contribution in [0.3, 0.4) is 0 Å². The topological polar surface area (TPSA) is 62.1 Å². The molecule has 0 aliphatic heterocycles. The fraction of sp³-hybridized carbons (Fsp3) is 0.186. The lowest BCUT2D eigenvalue weighted by atomic mass is 9.79. The lowest BCUT2D eigenvalue weighted by Crippen LogP contribution is -2.18. The highest BCUT2D eigenvalue weighted by Gasteiger charge is 2.39. The third kappa shape index (κ3) is 7.34. The number of benzene rings is 6. The third-order valence-electron chi connectivity index (χ3n) is 14.0. The minimum atomic E-state index is -0.172. The van der Waals surface area contributed by atoms with Crippen LogP contribution >= 0.6 is 0 Å². The largest absolute Gasteiger partial charge is 0.402 e. The normalized spacial score (nSPS) is 17.8. The summed E-state index contributed by atoms with van der Waals surface area (Å²) in [6, 6.07) is 42.2. The van der Waals surface area contributed by atoms with Crippen molar-refractivity contribution in [2.45, 2.75) is 70.6 Å². The fourth-order valence-electron chi connectivity index (χ4n) is 10.5. The summed E-state index contributed by atoms with van der Waals surface area (Å²) in [6.07, 6.45) is 26.3. The summed E-state index contributed by atoms with van der Waals surface area (Å²) in [4.78, 5) is 0. The van der Waals surface area contributed by atoms with E-state index in [1.165, 1.54) is 88.6 Å². The molecular formula is C59H54N4. The molecule has 0 unspecified atom stereocenters. The number of nitrogens with one attached hydrogen (secondary N) is 3. The van der Waals surface area contributed by atoms with Gasteiger partial charge in [0.2, 0.25) is 0 Å². The molecule has 11 rings (SSSR count). The van der Waals surface area contributed by atoms with Crippen LogP contribution in [0.15, 0.2) is 198 Å². The van der Waals surface area contributed by atoms with Crippen LogP contribution in [-0.4, -0.2) is 0 Å². The molecule has 0 radical (unpaired) electrons.